The summed E-state index contributed by atoms with van der Waals surface area (Å²) in [5.41, 5.74) is 1.68. The lowest BCUT2D eigenvalue weighted by Crippen LogP contribution is -2.43. The van der Waals surface area contributed by atoms with Crippen LogP contribution in [0.3, 0.4) is 0 Å². The molecule has 0 aliphatic rings. The Balaban J connectivity index is 0. The highest BCUT2D eigenvalue weighted by molar-refractivity contribution is 6.39. The molecule has 0 heterocycles. The van der Waals surface area contributed by atoms with E-state index in [9.17, 15) is 19.5 Å². The first-order valence-electron chi connectivity index (χ1n) is 10.8. The van der Waals surface area contributed by atoms with Crippen LogP contribution in [0.4, 0.5) is 0 Å². The Kier molecular flexibility index (Phi) is 15.3. The lowest BCUT2D eigenvalue weighted by Gasteiger charge is -2.19. The molecule has 0 fully saturated rings. The quantitative estimate of drug-likeness (QED) is 0.279. The van der Waals surface area contributed by atoms with E-state index in [-0.39, 0.29) is 43.2 Å². The van der Waals surface area contributed by atoms with E-state index in [4.69, 9.17) is 32.7 Å². The number of rotatable bonds is 9. The number of phenolic OH excluding ortho intramolecular Hbond substituents is 1. The molecule has 200 valence electrons. The SMILES string of the molecule is C=C(CC)NC.CCOC(=O)[C@@H](Cc1ccccc1)NC(=O)c1cc(Cl)c(O)c(Cl)c1OC(C)=O.Cl.[HH]. The lowest BCUT2D eigenvalue weighted by molar-refractivity contribution is -0.145. The Hall–Kier alpha value is -2.94. The van der Waals surface area contributed by atoms with Crippen LogP contribution in [0.1, 0.15) is 44.5 Å². The van der Waals surface area contributed by atoms with Crippen molar-refractivity contribution in [2.75, 3.05) is 13.7 Å². The number of nitrogens with one attached hydrogen (secondary N) is 2. The molecule has 36 heavy (non-hydrogen) atoms. The zero-order chi connectivity index (χ0) is 26.5. The first-order chi connectivity index (χ1) is 16.5. The van der Waals surface area contributed by atoms with Gasteiger partial charge >= 0.3 is 11.9 Å². The van der Waals surface area contributed by atoms with Crippen LogP contribution >= 0.6 is 35.6 Å². The van der Waals surface area contributed by atoms with E-state index in [1.165, 1.54) is 0 Å². The van der Waals surface area contributed by atoms with Gasteiger partial charge in [0.25, 0.3) is 5.91 Å². The van der Waals surface area contributed by atoms with Gasteiger partial charge in [0.1, 0.15) is 11.1 Å². The van der Waals surface area contributed by atoms with Crippen LogP contribution in [0.25, 0.3) is 0 Å². The summed E-state index contributed by atoms with van der Waals surface area (Å²) in [4.78, 5) is 36.6. The first kappa shape index (κ1) is 33.1. The van der Waals surface area contributed by atoms with Gasteiger partial charge in [-0.3, -0.25) is 9.59 Å². The number of hydrogen-bond donors (Lipinski definition) is 3. The van der Waals surface area contributed by atoms with Crippen molar-refractivity contribution >= 4 is 53.5 Å². The molecule has 2 rings (SSSR count). The minimum absolute atomic E-state index is 0. The van der Waals surface area contributed by atoms with Gasteiger partial charge in [0.05, 0.1) is 17.2 Å². The molecule has 0 saturated carbocycles. The summed E-state index contributed by atoms with van der Waals surface area (Å²) >= 11 is 11.9. The summed E-state index contributed by atoms with van der Waals surface area (Å²) in [6.07, 6.45) is 1.20. The van der Waals surface area contributed by atoms with Gasteiger partial charge in [-0.1, -0.05) is 67.0 Å². The number of aromatic hydroxyl groups is 1. The van der Waals surface area contributed by atoms with Gasteiger partial charge in [-0.05, 0) is 25.0 Å². The smallest absolute Gasteiger partial charge is 0.328 e. The third-order valence-electron chi connectivity index (χ3n) is 4.58. The third-order valence-corrected chi connectivity index (χ3v) is 5.22. The Labute approximate surface area is 228 Å². The van der Waals surface area contributed by atoms with Crippen LogP contribution in [0.2, 0.25) is 10.0 Å². The molecule has 2 aromatic rings. The highest BCUT2D eigenvalue weighted by atomic mass is 35.5. The number of carbonyl (C=O) groups is 3. The lowest BCUT2D eigenvalue weighted by atomic mass is 10.1. The molecule has 11 heteroatoms. The maximum Gasteiger partial charge on any atom is 0.328 e. The predicted molar refractivity (Wildman–Crippen MR) is 145 cm³/mol. The number of carbonyl (C=O) groups excluding carboxylic acids is 3. The third kappa shape index (κ3) is 10.4. The number of allylic oxidation sites excluding steroid dienone is 1. The highest BCUT2D eigenvalue weighted by Gasteiger charge is 2.28. The fraction of sp³-hybridized carbons (Fsp3) is 0.320. The molecule has 0 aliphatic heterocycles. The molecule has 2 aromatic carbocycles. The van der Waals surface area contributed by atoms with E-state index in [1.54, 1.807) is 31.2 Å². The molecular formula is C25H33Cl3N2O6. The summed E-state index contributed by atoms with van der Waals surface area (Å²) in [5.74, 6) is -3.06. The van der Waals surface area contributed by atoms with Gasteiger partial charge in [0.2, 0.25) is 0 Å². The molecule has 0 aromatic heterocycles. The molecule has 1 amide bonds. The second-order valence-electron chi connectivity index (χ2n) is 7.17. The van der Waals surface area contributed by atoms with Crippen LogP contribution in [-0.4, -0.2) is 42.6 Å². The number of benzene rings is 2. The maximum absolute atomic E-state index is 12.9. The molecule has 0 aliphatic carbocycles. The Morgan fingerprint density at radius 3 is 2.25 bits per heavy atom. The fourth-order valence-corrected chi connectivity index (χ4v) is 3.20. The van der Waals surface area contributed by atoms with Crippen molar-refractivity contribution in [2.45, 2.75) is 39.7 Å². The topological polar surface area (TPSA) is 114 Å². The van der Waals surface area contributed by atoms with Gasteiger partial charge in [0, 0.05) is 27.5 Å². The minimum Gasteiger partial charge on any atom is -0.505 e. The zero-order valence-corrected chi connectivity index (χ0v) is 22.9. The number of ether oxygens (including phenoxy) is 2. The average Bonchev–Trinajstić information content (AvgIpc) is 2.84. The zero-order valence-electron chi connectivity index (χ0n) is 20.5. The van der Waals surface area contributed by atoms with Gasteiger partial charge < -0.3 is 25.2 Å². The Bertz CT molecular complexity index is 1050. The molecule has 0 saturated heterocycles. The normalized spacial score (nSPS) is 10.5. The Morgan fingerprint density at radius 1 is 1.17 bits per heavy atom. The van der Waals surface area contributed by atoms with Gasteiger partial charge in [-0.25, -0.2) is 4.79 Å². The minimum atomic E-state index is -1.01. The van der Waals surface area contributed by atoms with E-state index in [1.807, 2.05) is 13.1 Å². The number of hydrogen-bond acceptors (Lipinski definition) is 7. The van der Waals surface area contributed by atoms with Crippen molar-refractivity contribution in [2.24, 2.45) is 0 Å². The van der Waals surface area contributed by atoms with E-state index >= 15 is 0 Å². The van der Waals surface area contributed by atoms with Gasteiger partial charge in [-0.15, -0.1) is 12.4 Å². The van der Waals surface area contributed by atoms with Crippen LogP contribution in [0.5, 0.6) is 11.5 Å². The van der Waals surface area contributed by atoms with Crippen LogP contribution in [0.15, 0.2) is 48.7 Å². The Morgan fingerprint density at radius 2 is 1.78 bits per heavy atom. The van der Waals surface area contributed by atoms with Crippen molar-refractivity contribution in [3.05, 3.63) is 69.8 Å². The molecule has 0 bridgehead atoms. The van der Waals surface area contributed by atoms with E-state index in [0.717, 1.165) is 30.7 Å². The standard InChI is InChI=1S/C20H19Cl2NO6.C5H11N.ClH.H2/c1-3-28-20(27)15(9-12-7-5-4-6-8-12)23-19(26)13-10-14(21)17(25)16(22)18(13)29-11(2)24;1-4-5(2)6-3;;/h4-8,10,15,25H,3,9H2,1-2H3,(H,23,26);6H,2,4H2,1,3H3;2*1H/t15-;;;/m1.../s1. The van der Waals surface area contributed by atoms with Crippen molar-refractivity contribution in [1.29, 1.82) is 0 Å². The summed E-state index contributed by atoms with van der Waals surface area (Å²) in [6.45, 7) is 8.65. The van der Waals surface area contributed by atoms with Crippen molar-refractivity contribution in [3.63, 3.8) is 0 Å². The number of phenols is 1. The molecule has 0 unspecified atom stereocenters. The fourth-order valence-electron chi connectivity index (χ4n) is 2.70. The second kappa shape index (κ2) is 16.7. The number of halogens is 3. The van der Waals surface area contributed by atoms with Crippen molar-refractivity contribution in [3.8, 4) is 11.5 Å². The molecule has 0 radical (unpaired) electrons. The second-order valence-corrected chi connectivity index (χ2v) is 7.95. The summed E-state index contributed by atoms with van der Waals surface area (Å²) in [5, 5.41) is 14.7. The largest absolute Gasteiger partial charge is 0.505 e. The highest BCUT2D eigenvalue weighted by Crippen LogP contribution is 2.41. The van der Waals surface area contributed by atoms with Crippen LogP contribution in [0, 0.1) is 0 Å². The maximum atomic E-state index is 12.9. The molecule has 0 spiro atoms. The first-order valence-corrected chi connectivity index (χ1v) is 11.6. The number of amides is 1. The summed E-state index contributed by atoms with van der Waals surface area (Å²) < 4.78 is 10.0. The summed E-state index contributed by atoms with van der Waals surface area (Å²) in [7, 11) is 1.88. The van der Waals surface area contributed by atoms with Gasteiger partial charge in [0.15, 0.2) is 11.5 Å². The van der Waals surface area contributed by atoms with Crippen molar-refractivity contribution < 1.29 is 30.4 Å². The van der Waals surface area contributed by atoms with Crippen LogP contribution in [-0.2, 0) is 20.7 Å². The molecule has 8 nitrogen and oxygen atoms in total. The molecular weight excluding hydrogens is 531 g/mol. The van der Waals surface area contributed by atoms with E-state index < -0.39 is 34.7 Å². The van der Waals surface area contributed by atoms with Crippen LogP contribution < -0.4 is 15.4 Å². The molecule has 3 N–H and O–H groups in total. The monoisotopic (exact) mass is 562 g/mol. The van der Waals surface area contributed by atoms with Crippen molar-refractivity contribution in [1.82, 2.24) is 10.6 Å². The van der Waals surface area contributed by atoms with E-state index in [0.29, 0.717) is 0 Å². The number of esters is 2. The van der Waals surface area contributed by atoms with E-state index in [2.05, 4.69) is 24.1 Å². The van der Waals surface area contributed by atoms with Gasteiger partial charge in [-0.2, -0.15) is 0 Å². The average molecular weight is 564 g/mol. The predicted octanol–water partition coefficient (Wildman–Crippen LogP) is 5.33. The summed E-state index contributed by atoms with van der Waals surface area (Å²) in [6, 6.07) is 9.12. The molecule has 1 atom stereocenters.